The average molecular weight is 552 g/mol. The van der Waals surface area contributed by atoms with Crippen LogP contribution in [-0.4, -0.2) is 55.9 Å². The van der Waals surface area contributed by atoms with Crippen LogP contribution in [0.15, 0.2) is 18.2 Å². The minimum Gasteiger partial charge on any atom is -0.481 e. The van der Waals surface area contributed by atoms with Gasteiger partial charge in [-0.05, 0) is 31.1 Å². The van der Waals surface area contributed by atoms with Crippen LogP contribution in [0.1, 0.15) is 29.8 Å². The van der Waals surface area contributed by atoms with Gasteiger partial charge < -0.3 is 15.0 Å². The molecule has 2 amide bonds. The Morgan fingerprint density at radius 2 is 2.05 bits per heavy atom. The van der Waals surface area contributed by atoms with Gasteiger partial charge in [0.1, 0.15) is 11.5 Å². The number of allylic oxidation sites excluding steroid dienone is 1. The molecule has 194 valence electrons. The maximum absolute atomic E-state index is 14.8. The summed E-state index contributed by atoms with van der Waals surface area (Å²) >= 11 is 12.5. The summed E-state index contributed by atoms with van der Waals surface area (Å²) in [4.78, 5) is 45.7. The summed E-state index contributed by atoms with van der Waals surface area (Å²) in [6.07, 6.45) is 4.50. The van der Waals surface area contributed by atoms with Crippen molar-refractivity contribution in [1.29, 1.82) is 0 Å². The number of aliphatic carboxylic acids is 1. The number of fused-ring (bicyclic) bond motifs is 5. The van der Waals surface area contributed by atoms with Crippen molar-refractivity contribution < 1.29 is 28.3 Å². The Morgan fingerprint density at radius 1 is 1.30 bits per heavy atom. The lowest BCUT2D eigenvalue weighted by Crippen LogP contribution is -2.54. The molecule has 0 radical (unpaired) electrons. The third kappa shape index (κ3) is 3.30. The van der Waals surface area contributed by atoms with Gasteiger partial charge in [-0.1, -0.05) is 29.3 Å². The molecule has 2 aromatic rings. The monoisotopic (exact) mass is 551 g/mol. The Kier molecular flexibility index (Phi) is 5.25. The molecule has 1 spiro atoms. The van der Waals surface area contributed by atoms with Gasteiger partial charge in [0.25, 0.3) is 11.8 Å². The molecule has 2 fully saturated rings. The zero-order valence-corrected chi connectivity index (χ0v) is 20.9. The van der Waals surface area contributed by atoms with E-state index >= 15 is 0 Å². The molecule has 0 unspecified atom stereocenters. The third-order valence-corrected chi connectivity index (χ3v) is 8.43. The normalized spacial score (nSPS) is 29.2. The summed E-state index contributed by atoms with van der Waals surface area (Å²) in [6, 6.07) is 1.48. The molecule has 4 heterocycles. The Bertz CT molecular complexity index is 1430. The number of benzene rings is 1. The lowest BCUT2D eigenvalue weighted by molar-refractivity contribution is -0.153. The van der Waals surface area contributed by atoms with Crippen LogP contribution in [0.3, 0.4) is 0 Å². The molecule has 9 nitrogen and oxygen atoms in total. The predicted octanol–water partition coefficient (Wildman–Crippen LogP) is 3.51. The number of hydrogen-bond acceptors (Lipinski definition) is 5. The molecule has 0 bridgehead atoms. The molecule has 3 N–H and O–H groups in total. The number of aromatic nitrogens is 2. The smallest absolute Gasteiger partial charge is 0.310 e. The molecule has 1 aromatic heterocycles. The van der Waals surface area contributed by atoms with Gasteiger partial charge >= 0.3 is 5.97 Å². The first kappa shape index (κ1) is 24.3. The van der Waals surface area contributed by atoms with Gasteiger partial charge in [-0.3, -0.25) is 24.6 Å². The molecule has 2 saturated heterocycles. The largest absolute Gasteiger partial charge is 0.481 e. The predicted molar refractivity (Wildman–Crippen MR) is 131 cm³/mol. The minimum atomic E-state index is -3.25. The highest BCUT2D eigenvalue weighted by atomic mass is 35.5. The van der Waals surface area contributed by atoms with E-state index in [0.29, 0.717) is 12.1 Å². The number of halogens is 4. The van der Waals surface area contributed by atoms with Crippen LogP contribution in [0.2, 0.25) is 10.0 Å². The number of amides is 2. The number of anilines is 2. The first-order valence-electron chi connectivity index (χ1n) is 11.7. The zero-order valence-electron chi connectivity index (χ0n) is 19.4. The average Bonchev–Trinajstić information content (AvgIpc) is 3.48. The fourth-order valence-corrected chi connectivity index (χ4v) is 7.04. The standard InChI is InChI=1S/C24H21Cl2F2N5O4/c1-32-14-5-3-2-4-13(14)29-22(32)31-19(34)16-15-8-23(27,28)9-33(15)24(17(16)20(35)36)11-6-10(25)7-12(26)18(11)30-21(24)37/h2,4,6-7,15-17H,3,5,8-9H2,1H3,(H,30,37)(H,35,36)(H,29,31,34)/t15-,16+,17-,24+/m1/s1. The topological polar surface area (TPSA) is 117 Å². The molecule has 13 heteroatoms. The van der Waals surface area contributed by atoms with Gasteiger partial charge in [-0.15, -0.1) is 0 Å². The van der Waals surface area contributed by atoms with Crippen molar-refractivity contribution in [3.63, 3.8) is 0 Å². The number of carbonyl (C=O) groups excluding carboxylic acids is 2. The highest BCUT2D eigenvalue weighted by Crippen LogP contribution is 2.61. The van der Waals surface area contributed by atoms with Crippen molar-refractivity contribution in [1.82, 2.24) is 14.5 Å². The Hall–Kier alpha value is -3.02. The second-order valence-electron chi connectivity index (χ2n) is 9.88. The lowest BCUT2D eigenvalue weighted by Gasteiger charge is -2.35. The molecular formula is C24H21Cl2F2N5O4. The molecule has 1 aromatic carbocycles. The van der Waals surface area contributed by atoms with E-state index in [9.17, 15) is 28.3 Å². The van der Waals surface area contributed by atoms with Gasteiger partial charge in [-0.25, -0.2) is 13.8 Å². The van der Waals surface area contributed by atoms with Crippen LogP contribution < -0.4 is 10.6 Å². The number of carboxylic acid groups (broad SMARTS) is 1. The van der Waals surface area contributed by atoms with Crippen molar-refractivity contribution in [3.05, 3.63) is 45.2 Å². The second-order valence-corrected chi connectivity index (χ2v) is 10.7. The first-order chi connectivity index (χ1) is 17.5. The Morgan fingerprint density at radius 3 is 2.76 bits per heavy atom. The van der Waals surface area contributed by atoms with Crippen molar-refractivity contribution in [2.75, 3.05) is 17.2 Å². The number of rotatable bonds is 3. The second kappa shape index (κ2) is 7.99. The van der Waals surface area contributed by atoms with Crippen molar-refractivity contribution in [2.45, 2.75) is 36.8 Å². The highest BCUT2D eigenvalue weighted by molar-refractivity contribution is 6.38. The summed E-state index contributed by atoms with van der Waals surface area (Å²) in [5.74, 6) is -9.39. The Balaban J connectivity index is 1.49. The molecule has 37 heavy (non-hydrogen) atoms. The van der Waals surface area contributed by atoms with Crippen molar-refractivity contribution in [3.8, 4) is 0 Å². The van der Waals surface area contributed by atoms with Crippen LogP contribution in [0, 0.1) is 11.8 Å². The van der Waals surface area contributed by atoms with Gasteiger partial charge in [0.2, 0.25) is 11.9 Å². The highest BCUT2D eigenvalue weighted by Gasteiger charge is 2.74. The molecule has 1 aliphatic carbocycles. The SMILES string of the molecule is Cn1c(NC(=O)[C@H]2[C@H]3CC(F)(F)CN3[C@]3(C(=O)Nc4c(Cl)cc(Cl)cc43)[C@H]2C(=O)O)nc2c1CCC=C2. The van der Waals surface area contributed by atoms with Crippen LogP contribution in [0.4, 0.5) is 20.4 Å². The summed E-state index contributed by atoms with van der Waals surface area (Å²) in [7, 11) is 1.71. The van der Waals surface area contributed by atoms with E-state index in [2.05, 4.69) is 15.6 Å². The zero-order chi connectivity index (χ0) is 26.4. The molecule has 0 saturated carbocycles. The maximum Gasteiger partial charge on any atom is 0.310 e. The summed E-state index contributed by atoms with van der Waals surface area (Å²) in [5.41, 5.74) is -0.382. The molecule has 3 aliphatic heterocycles. The quantitative estimate of drug-likeness (QED) is 0.537. The van der Waals surface area contributed by atoms with Crippen LogP contribution in [0.5, 0.6) is 0 Å². The number of carbonyl (C=O) groups is 3. The van der Waals surface area contributed by atoms with E-state index in [4.69, 9.17) is 23.2 Å². The van der Waals surface area contributed by atoms with Gasteiger partial charge in [0, 0.05) is 35.8 Å². The van der Waals surface area contributed by atoms with Crippen LogP contribution >= 0.6 is 23.2 Å². The lowest BCUT2D eigenvalue weighted by atomic mass is 9.73. The van der Waals surface area contributed by atoms with Crippen molar-refractivity contribution in [2.24, 2.45) is 18.9 Å². The summed E-state index contributed by atoms with van der Waals surface area (Å²) < 4.78 is 31.4. The number of nitrogens with zero attached hydrogens (tertiary/aromatic N) is 3. The van der Waals surface area contributed by atoms with E-state index in [-0.39, 0.29) is 27.2 Å². The fourth-order valence-electron chi connectivity index (χ4n) is 6.50. The minimum absolute atomic E-state index is 0.0407. The fraction of sp³-hybridized carbons (Fsp3) is 0.417. The van der Waals surface area contributed by atoms with E-state index in [0.717, 1.165) is 17.0 Å². The molecule has 4 atom stereocenters. The molecular weight excluding hydrogens is 531 g/mol. The van der Waals surface area contributed by atoms with E-state index in [1.807, 2.05) is 12.2 Å². The number of nitrogens with one attached hydrogen (secondary N) is 2. The number of imidazole rings is 1. The summed E-state index contributed by atoms with van der Waals surface area (Å²) in [6.45, 7) is -0.899. The van der Waals surface area contributed by atoms with E-state index in [1.54, 1.807) is 11.6 Å². The van der Waals surface area contributed by atoms with Crippen LogP contribution in [-0.2, 0) is 33.4 Å². The van der Waals surface area contributed by atoms with Gasteiger partial charge in [-0.2, -0.15) is 0 Å². The Labute approximate surface area is 219 Å². The molecule has 4 aliphatic rings. The number of hydrogen-bond donors (Lipinski definition) is 3. The van der Waals surface area contributed by atoms with Gasteiger partial charge in [0.05, 0.1) is 28.9 Å². The van der Waals surface area contributed by atoms with E-state index < -0.39 is 60.1 Å². The summed E-state index contributed by atoms with van der Waals surface area (Å²) in [5, 5.41) is 15.8. The first-order valence-corrected chi connectivity index (χ1v) is 12.4. The third-order valence-electron chi connectivity index (χ3n) is 7.91. The number of carboxylic acids is 1. The van der Waals surface area contributed by atoms with Gasteiger partial charge in [0.15, 0.2) is 0 Å². The molecule has 6 rings (SSSR count). The van der Waals surface area contributed by atoms with Crippen molar-refractivity contribution >= 4 is 58.7 Å². The maximum atomic E-state index is 14.8. The van der Waals surface area contributed by atoms with E-state index in [1.165, 1.54) is 12.1 Å². The van der Waals surface area contributed by atoms with Crippen LogP contribution in [0.25, 0.3) is 6.08 Å². The number of alkyl halides is 2.